The first-order valence-corrected chi connectivity index (χ1v) is 3.76. The lowest BCUT2D eigenvalue weighted by molar-refractivity contribution is 0.0995. The van der Waals surface area contributed by atoms with Crippen LogP contribution in [0.1, 0.15) is 27.2 Å². The van der Waals surface area contributed by atoms with Gasteiger partial charge in [0.05, 0.1) is 0 Å². The summed E-state index contributed by atoms with van der Waals surface area (Å²) in [7, 11) is 0. The number of aryl methyl sites for hydroxylation is 1. The van der Waals surface area contributed by atoms with Crippen LogP contribution in [-0.2, 0) is 0 Å². The number of pyridine rings is 1. The Kier molecular flexibility index (Phi) is 2.13. The fraction of sp³-hybridized carbons (Fsp3) is 0.333. The van der Waals surface area contributed by atoms with Crippen LogP contribution in [0.5, 0.6) is 0 Å². The van der Waals surface area contributed by atoms with Crippen LogP contribution in [-0.4, -0.2) is 10.9 Å². The van der Waals surface area contributed by atoms with E-state index in [0.29, 0.717) is 5.69 Å². The molecule has 0 aliphatic rings. The van der Waals surface area contributed by atoms with E-state index in [1.165, 1.54) is 0 Å². The summed E-state index contributed by atoms with van der Waals surface area (Å²) in [6, 6.07) is 0. The Labute approximate surface area is 71.6 Å². The normalized spacial score (nSPS) is 9.92. The fourth-order valence-corrected chi connectivity index (χ4v) is 1.08. The highest BCUT2D eigenvalue weighted by Gasteiger charge is 2.09. The summed E-state index contributed by atoms with van der Waals surface area (Å²) in [5, 5.41) is 0. The summed E-state index contributed by atoms with van der Waals surface area (Å²) >= 11 is 0. The minimum atomic E-state index is -0.462. The molecule has 0 bridgehead atoms. The van der Waals surface area contributed by atoms with Crippen molar-refractivity contribution in [3.63, 3.8) is 0 Å². The molecule has 0 saturated carbocycles. The van der Waals surface area contributed by atoms with Crippen molar-refractivity contribution >= 4 is 5.91 Å². The zero-order valence-electron chi connectivity index (χ0n) is 7.51. The van der Waals surface area contributed by atoms with Crippen LogP contribution >= 0.6 is 0 Å². The van der Waals surface area contributed by atoms with Gasteiger partial charge in [0.15, 0.2) is 0 Å². The molecule has 12 heavy (non-hydrogen) atoms. The smallest absolute Gasteiger partial charge is 0.267 e. The van der Waals surface area contributed by atoms with Gasteiger partial charge in [-0.25, -0.2) is 0 Å². The molecule has 2 N–H and O–H groups in total. The maximum atomic E-state index is 10.8. The SMILES string of the molecule is Cc1cnc(C(N)=O)c(C)c1C. The molecular weight excluding hydrogens is 152 g/mol. The molecule has 0 unspecified atom stereocenters. The quantitative estimate of drug-likeness (QED) is 0.675. The highest BCUT2D eigenvalue weighted by Crippen LogP contribution is 2.13. The first-order chi connectivity index (χ1) is 5.54. The molecule has 1 aromatic rings. The molecule has 0 aliphatic heterocycles. The Morgan fingerprint density at radius 2 is 1.92 bits per heavy atom. The predicted molar refractivity (Wildman–Crippen MR) is 47.0 cm³/mol. The van der Waals surface area contributed by atoms with Gasteiger partial charge in [0.1, 0.15) is 5.69 Å². The molecule has 3 heteroatoms. The standard InChI is InChI=1S/C9H12N2O/c1-5-4-11-8(9(10)12)7(3)6(5)2/h4H,1-3H3,(H2,10,12). The lowest BCUT2D eigenvalue weighted by Crippen LogP contribution is -2.15. The van der Waals surface area contributed by atoms with Crippen LogP contribution in [0.15, 0.2) is 6.20 Å². The third kappa shape index (κ3) is 1.30. The third-order valence-electron chi connectivity index (χ3n) is 2.13. The van der Waals surface area contributed by atoms with Crippen molar-refractivity contribution in [2.75, 3.05) is 0 Å². The van der Waals surface area contributed by atoms with Gasteiger partial charge in [0, 0.05) is 6.20 Å². The largest absolute Gasteiger partial charge is 0.364 e. The highest BCUT2D eigenvalue weighted by atomic mass is 16.1. The number of rotatable bonds is 1. The predicted octanol–water partition coefficient (Wildman–Crippen LogP) is 1.11. The van der Waals surface area contributed by atoms with E-state index in [4.69, 9.17) is 5.73 Å². The molecule has 1 rings (SSSR count). The van der Waals surface area contributed by atoms with Crippen molar-refractivity contribution in [3.8, 4) is 0 Å². The van der Waals surface area contributed by atoms with E-state index in [-0.39, 0.29) is 0 Å². The van der Waals surface area contributed by atoms with E-state index in [0.717, 1.165) is 16.7 Å². The van der Waals surface area contributed by atoms with Gasteiger partial charge in [-0.3, -0.25) is 9.78 Å². The minimum absolute atomic E-state index is 0.373. The van der Waals surface area contributed by atoms with Crippen molar-refractivity contribution in [2.24, 2.45) is 5.73 Å². The van der Waals surface area contributed by atoms with E-state index in [1.807, 2.05) is 20.8 Å². The second-order valence-corrected chi connectivity index (χ2v) is 2.90. The van der Waals surface area contributed by atoms with Gasteiger partial charge in [-0.2, -0.15) is 0 Å². The summed E-state index contributed by atoms with van der Waals surface area (Å²) in [6.07, 6.45) is 1.67. The van der Waals surface area contributed by atoms with Crippen molar-refractivity contribution in [2.45, 2.75) is 20.8 Å². The summed E-state index contributed by atoms with van der Waals surface area (Å²) in [5.41, 5.74) is 8.55. The van der Waals surface area contributed by atoms with Crippen LogP contribution in [0.25, 0.3) is 0 Å². The molecule has 3 nitrogen and oxygen atoms in total. The molecule has 0 aromatic carbocycles. The number of nitrogens with zero attached hydrogens (tertiary/aromatic N) is 1. The molecule has 0 fully saturated rings. The van der Waals surface area contributed by atoms with Crippen LogP contribution in [0.2, 0.25) is 0 Å². The lowest BCUT2D eigenvalue weighted by atomic mass is 10.0. The van der Waals surface area contributed by atoms with Crippen molar-refractivity contribution in [1.29, 1.82) is 0 Å². The number of carbonyl (C=O) groups excluding carboxylic acids is 1. The Balaban J connectivity index is 3.36. The van der Waals surface area contributed by atoms with Gasteiger partial charge in [0.25, 0.3) is 5.91 Å². The Morgan fingerprint density at radius 1 is 1.33 bits per heavy atom. The Bertz CT molecular complexity index is 332. The van der Waals surface area contributed by atoms with Crippen LogP contribution < -0.4 is 5.73 Å². The molecule has 0 radical (unpaired) electrons. The summed E-state index contributed by atoms with van der Waals surface area (Å²) in [4.78, 5) is 14.8. The zero-order valence-corrected chi connectivity index (χ0v) is 7.51. The number of amides is 1. The third-order valence-corrected chi connectivity index (χ3v) is 2.13. The van der Waals surface area contributed by atoms with E-state index < -0.39 is 5.91 Å². The zero-order chi connectivity index (χ0) is 9.30. The topological polar surface area (TPSA) is 56.0 Å². The van der Waals surface area contributed by atoms with E-state index >= 15 is 0 Å². The minimum Gasteiger partial charge on any atom is -0.364 e. The van der Waals surface area contributed by atoms with Gasteiger partial charge in [-0.1, -0.05) is 0 Å². The van der Waals surface area contributed by atoms with Crippen LogP contribution in [0.4, 0.5) is 0 Å². The molecule has 1 amide bonds. The first kappa shape index (κ1) is 8.71. The fourth-order valence-electron chi connectivity index (χ4n) is 1.08. The second kappa shape index (κ2) is 2.93. The molecule has 0 atom stereocenters. The summed E-state index contributed by atoms with van der Waals surface area (Å²) in [5.74, 6) is -0.462. The molecule has 0 aliphatic carbocycles. The van der Waals surface area contributed by atoms with Crippen molar-refractivity contribution < 1.29 is 4.79 Å². The maximum Gasteiger partial charge on any atom is 0.267 e. The van der Waals surface area contributed by atoms with Gasteiger partial charge in [-0.05, 0) is 37.5 Å². The number of hydrogen-bond donors (Lipinski definition) is 1. The Hall–Kier alpha value is -1.38. The molecular formula is C9H12N2O. The molecule has 1 aromatic heterocycles. The van der Waals surface area contributed by atoms with E-state index in [2.05, 4.69) is 4.98 Å². The number of carbonyl (C=O) groups is 1. The summed E-state index contributed by atoms with van der Waals surface area (Å²) < 4.78 is 0. The average molecular weight is 164 g/mol. The second-order valence-electron chi connectivity index (χ2n) is 2.90. The summed E-state index contributed by atoms with van der Waals surface area (Å²) in [6.45, 7) is 5.77. The monoisotopic (exact) mass is 164 g/mol. The number of nitrogens with two attached hydrogens (primary N) is 1. The molecule has 64 valence electrons. The highest BCUT2D eigenvalue weighted by molar-refractivity contribution is 5.92. The van der Waals surface area contributed by atoms with Gasteiger partial charge in [0.2, 0.25) is 0 Å². The van der Waals surface area contributed by atoms with Crippen molar-refractivity contribution in [1.82, 2.24) is 4.98 Å². The number of aromatic nitrogens is 1. The van der Waals surface area contributed by atoms with Crippen LogP contribution in [0, 0.1) is 20.8 Å². The van der Waals surface area contributed by atoms with E-state index in [9.17, 15) is 4.79 Å². The molecule has 1 heterocycles. The first-order valence-electron chi connectivity index (χ1n) is 3.76. The van der Waals surface area contributed by atoms with Crippen molar-refractivity contribution in [3.05, 3.63) is 28.6 Å². The Morgan fingerprint density at radius 3 is 2.42 bits per heavy atom. The maximum absolute atomic E-state index is 10.8. The number of primary amides is 1. The molecule has 0 spiro atoms. The van der Waals surface area contributed by atoms with Crippen LogP contribution in [0.3, 0.4) is 0 Å². The van der Waals surface area contributed by atoms with Gasteiger partial charge in [-0.15, -0.1) is 0 Å². The number of hydrogen-bond acceptors (Lipinski definition) is 2. The van der Waals surface area contributed by atoms with Gasteiger partial charge < -0.3 is 5.73 Å². The average Bonchev–Trinajstić information content (AvgIpc) is 2.00. The molecule has 0 saturated heterocycles. The lowest BCUT2D eigenvalue weighted by Gasteiger charge is -2.06. The van der Waals surface area contributed by atoms with E-state index in [1.54, 1.807) is 6.20 Å². The van der Waals surface area contributed by atoms with Gasteiger partial charge >= 0.3 is 0 Å².